The number of amides is 1. The second-order valence-corrected chi connectivity index (χ2v) is 11.6. The van der Waals surface area contributed by atoms with E-state index in [-0.39, 0.29) is 23.5 Å². The third-order valence-corrected chi connectivity index (χ3v) is 8.52. The van der Waals surface area contributed by atoms with Gasteiger partial charge in [-0.25, -0.2) is 18.1 Å². The van der Waals surface area contributed by atoms with E-state index in [1.54, 1.807) is 17.9 Å². The Morgan fingerprint density at radius 1 is 1.14 bits per heavy atom. The number of benzene rings is 2. The molecule has 37 heavy (non-hydrogen) atoms. The number of ether oxygens (including phenoxy) is 1. The Morgan fingerprint density at radius 2 is 1.95 bits per heavy atom. The molecule has 1 amide bonds. The highest BCUT2D eigenvalue weighted by molar-refractivity contribution is 7.91. The van der Waals surface area contributed by atoms with Crippen molar-refractivity contribution >= 4 is 26.8 Å². The fraction of sp³-hybridized carbons (Fsp3) is 0.321. The third-order valence-electron chi connectivity index (χ3n) is 6.77. The lowest BCUT2D eigenvalue weighted by Gasteiger charge is -2.13. The molecule has 8 nitrogen and oxygen atoms in total. The molecule has 5 rings (SSSR count). The average molecular weight is 519 g/mol. The highest BCUT2D eigenvalue weighted by Crippen LogP contribution is 2.32. The van der Waals surface area contributed by atoms with Crippen molar-refractivity contribution in [1.29, 1.82) is 0 Å². The maximum Gasteiger partial charge on any atom is 0.252 e. The third kappa shape index (κ3) is 5.36. The molecule has 1 atom stereocenters. The topological polar surface area (TPSA) is 103 Å². The minimum atomic E-state index is -3.12. The van der Waals surface area contributed by atoms with Gasteiger partial charge in [0.05, 0.1) is 47.0 Å². The molecule has 2 aromatic heterocycles. The number of hydrogen-bond acceptors (Lipinski definition) is 6. The van der Waals surface area contributed by atoms with Gasteiger partial charge in [0.1, 0.15) is 5.75 Å². The molecule has 192 valence electrons. The van der Waals surface area contributed by atoms with Gasteiger partial charge in [0.2, 0.25) is 0 Å². The fourth-order valence-corrected chi connectivity index (χ4v) is 6.57. The number of methoxy groups -OCH3 is 1. The monoisotopic (exact) mass is 518 g/mol. The van der Waals surface area contributed by atoms with Crippen LogP contribution >= 0.6 is 0 Å². The van der Waals surface area contributed by atoms with Crippen molar-refractivity contribution in [2.24, 2.45) is 0 Å². The van der Waals surface area contributed by atoms with Gasteiger partial charge < -0.3 is 10.1 Å². The van der Waals surface area contributed by atoms with Gasteiger partial charge in [0.25, 0.3) is 5.91 Å². The summed E-state index contributed by atoms with van der Waals surface area (Å²) in [5.74, 6) is 0.627. The molecule has 1 N–H and O–H groups in total. The first-order valence-corrected chi connectivity index (χ1v) is 14.2. The molecule has 0 bridgehead atoms. The Labute approximate surface area is 216 Å². The van der Waals surface area contributed by atoms with Crippen LogP contribution in [0.15, 0.2) is 60.7 Å². The summed E-state index contributed by atoms with van der Waals surface area (Å²) in [6, 6.07) is 19.1. The SMILES string of the molecule is COc1cccc(-c2cc(C(=O)NCCCc3ccccc3)c3c(C)nn(C4CCS(=O)(=O)C4)c3n2)c1. The Balaban J connectivity index is 1.51. The van der Waals surface area contributed by atoms with Gasteiger partial charge in [-0.3, -0.25) is 4.79 Å². The number of hydrogen-bond donors (Lipinski definition) is 1. The average Bonchev–Trinajstić information content (AvgIpc) is 3.45. The summed E-state index contributed by atoms with van der Waals surface area (Å²) >= 11 is 0. The molecule has 9 heteroatoms. The molecule has 4 aromatic rings. The lowest BCUT2D eigenvalue weighted by molar-refractivity contribution is 0.0954. The number of carbonyl (C=O) groups is 1. The molecule has 1 fully saturated rings. The highest BCUT2D eigenvalue weighted by atomic mass is 32.2. The summed E-state index contributed by atoms with van der Waals surface area (Å²) in [6.07, 6.45) is 2.16. The summed E-state index contributed by atoms with van der Waals surface area (Å²) in [4.78, 5) is 18.3. The van der Waals surface area contributed by atoms with Gasteiger partial charge in [-0.05, 0) is 49.9 Å². The number of nitrogens with zero attached hydrogens (tertiary/aromatic N) is 3. The first kappa shape index (κ1) is 25.0. The van der Waals surface area contributed by atoms with E-state index in [4.69, 9.17) is 9.72 Å². The van der Waals surface area contributed by atoms with Crippen molar-refractivity contribution < 1.29 is 17.9 Å². The standard InChI is InChI=1S/C28H30N4O4S/c1-19-26-24(28(33)29-14-7-10-20-8-4-3-5-9-20)17-25(21-11-6-12-23(16-21)36-2)30-27(26)32(31-19)22-13-15-37(34,35)18-22/h3-6,8-9,11-12,16-17,22H,7,10,13-15,18H2,1-2H3,(H,29,33). The molecule has 2 aromatic carbocycles. The van der Waals surface area contributed by atoms with Crippen molar-refractivity contribution in [2.75, 3.05) is 25.2 Å². The summed E-state index contributed by atoms with van der Waals surface area (Å²) in [6.45, 7) is 2.36. The molecule has 1 aliphatic rings. The maximum atomic E-state index is 13.5. The second kappa shape index (κ2) is 10.3. The van der Waals surface area contributed by atoms with E-state index in [1.807, 2.05) is 49.4 Å². The molecule has 0 aliphatic carbocycles. The Bertz CT molecular complexity index is 1550. The van der Waals surface area contributed by atoms with Crippen molar-refractivity contribution in [3.8, 4) is 17.0 Å². The number of nitrogens with one attached hydrogen (secondary N) is 1. The van der Waals surface area contributed by atoms with Crippen LogP contribution in [0.25, 0.3) is 22.3 Å². The summed E-state index contributed by atoms with van der Waals surface area (Å²) < 4.78 is 31.5. The van der Waals surface area contributed by atoms with Gasteiger partial charge in [0.15, 0.2) is 15.5 Å². The predicted octanol–water partition coefficient (Wildman–Crippen LogP) is 4.14. The zero-order valence-electron chi connectivity index (χ0n) is 21.0. The number of aromatic nitrogens is 3. The van der Waals surface area contributed by atoms with E-state index in [1.165, 1.54) is 5.56 Å². The van der Waals surface area contributed by atoms with Crippen LogP contribution in [0.2, 0.25) is 0 Å². The van der Waals surface area contributed by atoms with Crippen LogP contribution in [-0.2, 0) is 16.3 Å². The number of pyridine rings is 1. The Morgan fingerprint density at radius 3 is 2.68 bits per heavy atom. The Hall–Kier alpha value is -3.72. The van der Waals surface area contributed by atoms with Crippen molar-refractivity contribution in [2.45, 2.75) is 32.2 Å². The van der Waals surface area contributed by atoms with Crippen LogP contribution in [0.1, 0.15) is 40.5 Å². The number of aryl methyl sites for hydroxylation is 2. The molecule has 1 aliphatic heterocycles. The van der Waals surface area contributed by atoms with E-state index in [2.05, 4.69) is 22.5 Å². The Kier molecular flexibility index (Phi) is 6.97. The van der Waals surface area contributed by atoms with E-state index < -0.39 is 9.84 Å². The fourth-order valence-electron chi connectivity index (χ4n) is 4.88. The van der Waals surface area contributed by atoms with E-state index in [0.717, 1.165) is 18.4 Å². The normalized spacial score (nSPS) is 16.6. The van der Waals surface area contributed by atoms with Gasteiger partial charge in [-0.1, -0.05) is 42.5 Å². The van der Waals surface area contributed by atoms with Gasteiger partial charge in [0, 0.05) is 12.1 Å². The molecule has 1 saturated heterocycles. The first-order chi connectivity index (χ1) is 17.8. The van der Waals surface area contributed by atoms with Gasteiger partial charge >= 0.3 is 0 Å². The molecular weight excluding hydrogens is 488 g/mol. The molecule has 0 saturated carbocycles. The summed E-state index contributed by atoms with van der Waals surface area (Å²) in [5.41, 5.74) is 4.28. The predicted molar refractivity (Wildman–Crippen MR) is 144 cm³/mol. The van der Waals surface area contributed by atoms with Gasteiger partial charge in [-0.15, -0.1) is 0 Å². The number of sulfone groups is 1. The first-order valence-electron chi connectivity index (χ1n) is 12.4. The zero-order chi connectivity index (χ0) is 26.0. The van der Waals surface area contributed by atoms with E-state index in [9.17, 15) is 13.2 Å². The van der Waals surface area contributed by atoms with Crippen molar-refractivity contribution in [1.82, 2.24) is 20.1 Å². The lowest BCUT2D eigenvalue weighted by Crippen LogP contribution is -2.25. The van der Waals surface area contributed by atoms with Crippen LogP contribution in [-0.4, -0.2) is 54.2 Å². The minimum absolute atomic E-state index is 0.0231. The second-order valence-electron chi connectivity index (χ2n) is 9.42. The van der Waals surface area contributed by atoms with E-state index >= 15 is 0 Å². The molecule has 0 radical (unpaired) electrons. The van der Waals surface area contributed by atoms with Crippen LogP contribution in [0.4, 0.5) is 0 Å². The van der Waals surface area contributed by atoms with Crippen molar-refractivity contribution in [3.05, 3.63) is 77.5 Å². The number of rotatable bonds is 8. The van der Waals surface area contributed by atoms with Gasteiger partial charge in [-0.2, -0.15) is 5.10 Å². The largest absolute Gasteiger partial charge is 0.497 e. The van der Waals surface area contributed by atoms with Crippen LogP contribution in [0.5, 0.6) is 5.75 Å². The summed E-state index contributed by atoms with van der Waals surface area (Å²) in [7, 11) is -1.52. The van der Waals surface area contributed by atoms with Crippen LogP contribution < -0.4 is 10.1 Å². The number of carbonyl (C=O) groups excluding carboxylic acids is 1. The lowest BCUT2D eigenvalue weighted by atomic mass is 10.0. The molecule has 3 heterocycles. The zero-order valence-corrected chi connectivity index (χ0v) is 21.8. The van der Waals surface area contributed by atoms with Crippen molar-refractivity contribution in [3.63, 3.8) is 0 Å². The summed E-state index contributed by atoms with van der Waals surface area (Å²) in [5, 5.41) is 8.38. The molecule has 1 unspecified atom stereocenters. The molecule has 0 spiro atoms. The smallest absolute Gasteiger partial charge is 0.252 e. The quantitative estimate of drug-likeness (QED) is 0.352. The maximum absolute atomic E-state index is 13.5. The number of fused-ring (bicyclic) bond motifs is 1. The van der Waals surface area contributed by atoms with Crippen LogP contribution in [0, 0.1) is 6.92 Å². The highest BCUT2D eigenvalue weighted by Gasteiger charge is 2.32. The minimum Gasteiger partial charge on any atom is -0.497 e. The van der Waals surface area contributed by atoms with Crippen LogP contribution in [0.3, 0.4) is 0 Å². The van der Waals surface area contributed by atoms with E-state index in [0.29, 0.717) is 46.7 Å². The molecular formula is C28H30N4O4S.